The van der Waals surface area contributed by atoms with Gasteiger partial charge in [0.1, 0.15) is 23.2 Å². The lowest BCUT2D eigenvalue weighted by molar-refractivity contribution is -0.118. The van der Waals surface area contributed by atoms with Crippen molar-refractivity contribution < 1.29 is 28.8 Å². The molecule has 0 spiro atoms. The minimum absolute atomic E-state index is 0.0121. The summed E-state index contributed by atoms with van der Waals surface area (Å²) >= 11 is 0. The number of fused-ring (bicyclic) bond motifs is 1. The summed E-state index contributed by atoms with van der Waals surface area (Å²) < 4.78 is 25.7. The first kappa shape index (κ1) is 31.9. The highest BCUT2D eigenvalue weighted by Crippen LogP contribution is 2.43. The minimum atomic E-state index is -1.06. The number of nitrogens with zero attached hydrogens (tertiary/aromatic N) is 3. The topological polar surface area (TPSA) is 150 Å². The number of carbonyl (C=O) groups is 1. The van der Waals surface area contributed by atoms with Crippen LogP contribution in [0.25, 0.3) is 11.2 Å². The van der Waals surface area contributed by atoms with Crippen molar-refractivity contribution in [2.24, 2.45) is 5.92 Å². The van der Waals surface area contributed by atoms with E-state index in [1.54, 1.807) is 28.1 Å². The third kappa shape index (κ3) is 6.22. The van der Waals surface area contributed by atoms with Crippen LogP contribution in [0.1, 0.15) is 43.2 Å². The number of aromatic amines is 1. The number of hydrogen-bond donors (Lipinski definition) is 3. The molecule has 0 unspecified atom stereocenters. The fourth-order valence-corrected chi connectivity index (χ4v) is 5.81. The molecule has 2 aromatic heterocycles. The van der Waals surface area contributed by atoms with Crippen LogP contribution in [-0.4, -0.2) is 63.6 Å². The van der Waals surface area contributed by atoms with E-state index < -0.39 is 29.6 Å². The molecule has 3 N–H and O–H groups in total. The molecule has 5 aromatic rings. The maximum absolute atomic E-state index is 12.8. The van der Waals surface area contributed by atoms with Crippen LogP contribution in [0.2, 0.25) is 0 Å². The normalized spacial score (nSPS) is 18.0. The number of aliphatic hydroxyl groups is 1. The Kier molecular flexibility index (Phi) is 9.08. The molecule has 1 amide bonds. The number of imidazole rings is 1. The van der Waals surface area contributed by atoms with Crippen LogP contribution in [-0.2, 0) is 19.9 Å². The number of rotatable bonds is 11. The second-order valence-electron chi connectivity index (χ2n) is 11.6. The van der Waals surface area contributed by atoms with Gasteiger partial charge in [-0.15, -0.1) is 0 Å². The molecular formula is C35H37N5O7. The van der Waals surface area contributed by atoms with Crippen molar-refractivity contribution in [1.82, 2.24) is 19.5 Å². The Balaban J connectivity index is 1.33. The second-order valence-corrected chi connectivity index (χ2v) is 11.6. The quantitative estimate of drug-likeness (QED) is 0.179. The van der Waals surface area contributed by atoms with E-state index in [1.165, 1.54) is 10.9 Å². The van der Waals surface area contributed by atoms with Gasteiger partial charge in [0.05, 0.1) is 33.3 Å². The van der Waals surface area contributed by atoms with Crippen molar-refractivity contribution in [3.8, 4) is 11.5 Å². The van der Waals surface area contributed by atoms with Crippen molar-refractivity contribution in [3.63, 3.8) is 0 Å². The van der Waals surface area contributed by atoms with Gasteiger partial charge in [0.15, 0.2) is 17.4 Å². The van der Waals surface area contributed by atoms with Crippen molar-refractivity contribution in [2.45, 2.75) is 44.3 Å². The molecule has 1 saturated heterocycles. The third-order valence-electron chi connectivity index (χ3n) is 8.30. The molecule has 244 valence electrons. The molecule has 3 heterocycles. The molecule has 0 bridgehead atoms. The maximum Gasteiger partial charge on any atom is 0.280 e. The smallest absolute Gasteiger partial charge is 0.280 e. The van der Waals surface area contributed by atoms with E-state index in [9.17, 15) is 14.7 Å². The Morgan fingerprint density at radius 2 is 1.60 bits per heavy atom. The lowest BCUT2D eigenvalue weighted by Crippen LogP contribution is -2.35. The van der Waals surface area contributed by atoms with Crippen LogP contribution in [0.15, 0.2) is 90.0 Å². The highest BCUT2D eigenvalue weighted by atomic mass is 16.6. The molecule has 0 radical (unpaired) electrons. The Bertz CT molecular complexity index is 1840. The van der Waals surface area contributed by atoms with Crippen LogP contribution < -0.4 is 20.3 Å². The molecule has 47 heavy (non-hydrogen) atoms. The van der Waals surface area contributed by atoms with Gasteiger partial charge < -0.3 is 24.1 Å². The molecular weight excluding hydrogens is 602 g/mol. The highest BCUT2D eigenvalue weighted by molar-refractivity contribution is 5.91. The zero-order valence-corrected chi connectivity index (χ0v) is 26.5. The SMILES string of the molecule is COc1ccc(C(OC[C@@H]2C[C@@H](O)[C@H](n3cnc4c(=O)[nH]c(NC(=O)C(C)C)nc43)O2)(c2ccccc2)c2ccc(OC)cc2)cc1. The number of H-pyrrole nitrogens is 1. The van der Waals surface area contributed by atoms with Crippen molar-refractivity contribution in [2.75, 3.05) is 26.1 Å². The van der Waals surface area contributed by atoms with Crippen LogP contribution in [0.4, 0.5) is 5.95 Å². The van der Waals surface area contributed by atoms with E-state index in [-0.39, 0.29) is 42.0 Å². The lowest BCUT2D eigenvalue weighted by Gasteiger charge is -2.37. The molecule has 0 saturated carbocycles. The number of benzene rings is 3. The zero-order valence-electron chi connectivity index (χ0n) is 26.5. The maximum atomic E-state index is 12.8. The van der Waals surface area contributed by atoms with E-state index in [2.05, 4.69) is 20.3 Å². The van der Waals surface area contributed by atoms with Crippen molar-refractivity contribution >= 4 is 23.0 Å². The Hall–Kier alpha value is -5.04. The van der Waals surface area contributed by atoms with Gasteiger partial charge in [-0.3, -0.25) is 24.5 Å². The number of hydrogen-bond acceptors (Lipinski definition) is 9. The van der Waals surface area contributed by atoms with Gasteiger partial charge in [-0.05, 0) is 41.0 Å². The Morgan fingerprint density at radius 1 is 1.00 bits per heavy atom. The molecule has 3 atom stereocenters. The van der Waals surface area contributed by atoms with Crippen molar-refractivity contribution in [3.05, 3.63) is 112 Å². The van der Waals surface area contributed by atoms with Crippen molar-refractivity contribution in [1.29, 1.82) is 0 Å². The Morgan fingerprint density at radius 3 is 2.17 bits per heavy atom. The molecule has 12 nitrogen and oxygen atoms in total. The first-order valence-electron chi connectivity index (χ1n) is 15.3. The summed E-state index contributed by atoms with van der Waals surface area (Å²) in [6.45, 7) is 3.57. The average Bonchev–Trinajstić information content (AvgIpc) is 3.68. The number of ether oxygens (including phenoxy) is 4. The van der Waals surface area contributed by atoms with Gasteiger partial charge in [-0.2, -0.15) is 4.98 Å². The summed E-state index contributed by atoms with van der Waals surface area (Å²) in [5.74, 6) is 0.788. The number of methoxy groups -OCH3 is 2. The Labute approximate surface area is 271 Å². The summed E-state index contributed by atoms with van der Waals surface area (Å²) in [6, 6.07) is 25.3. The monoisotopic (exact) mass is 639 g/mol. The summed E-state index contributed by atoms with van der Waals surface area (Å²) in [4.78, 5) is 36.2. The summed E-state index contributed by atoms with van der Waals surface area (Å²) in [6.07, 6.45) is -0.732. The van der Waals surface area contributed by atoms with Gasteiger partial charge in [-0.1, -0.05) is 68.4 Å². The number of aliphatic hydroxyl groups excluding tert-OH is 1. The number of anilines is 1. The number of carbonyl (C=O) groups excluding carboxylic acids is 1. The number of aromatic nitrogens is 4. The van der Waals surface area contributed by atoms with E-state index in [0.29, 0.717) is 11.5 Å². The predicted octanol–water partition coefficient (Wildman–Crippen LogP) is 4.39. The first-order chi connectivity index (χ1) is 22.7. The van der Waals surface area contributed by atoms with Gasteiger partial charge in [0.25, 0.3) is 5.56 Å². The standard InChI is InChI=1S/C35H37N5O7/c1-21(2)31(42)38-34-37-30-29(32(43)39-34)36-20-40(30)33-28(41)18-27(47-33)19-46-35(22-8-6-5-7-9-22,23-10-14-25(44-3)15-11-23)24-12-16-26(45-4)17-13-24/h5-17,20-21,27-28,33,41H,18-19H2,1-4H3,(H2,37,38,39,42,43)/t27-,28+,33+/m0/s1. The highest BCUT2D eigenvalue weighted by Gasteiger charge is 2.42. The van der Waals surface area contributed by atoms with E-state index in [4.69, 9.17) is 18.9 Å². The molecule has 0 aliphatic carbocycles. The van der Waals surface area contributed by atoms with E-state index in [1.807, 2.05) is 78.9 Å². The lowest BCUT2D eigenvalue weighted by atomic mass is 9.80. The molecule has 3 aromatic carbocycles. The summed E-state index contributed by atoms with van der Waals surface area (Å²) in [7, 11) is 3.24. The third-order valence-corrected chi connectivity index (χ3v) is 8.30. The summed E-state index contributed by atoms with van der Waals surface area (Å²) in [5, 5.41) is 13.8. The minimum Gasteiger partial charge on any atom is -0.497 e. The van der Waals surface area contributed by atoms with Gasteiger partial charge >= 0.3 is 0 Å². The largest absolute Gasteiger partial charge is 0.497 e. The number of nitrogens with one attached hydrogen (secondary N) is 2. The zero-order chi connectivity index (χ0) is 33.1. The predicted molar refractivity (Wildman–Crippen MR) is 174 cm³/mol. The second kappa shape index (κ2) is 13.4. The molecule has 1 aliphatic rings. The van der Waals surface area contributed by atoms with Gasteiger partial charge in [0, 0.05) is 12.3 Å². The summed E-state index contributed by atoms with van der Waals surface area (Å²) in [5.41, 5.74) is 1.28. The first-order valence-corrected chi connectivity index (χ1v) is 15.3. The van der Waals surface area contributed by atoms with Gasteiger partial charge in [0.2, 0.25) is 11.9 Å². The molecule has 12 heteroatoms. The van der Waals surface area contributed by atoms with Crippen LogP contribution in [0.3, 0.4) is 0 Å². The van der Waals surface area contributed by atoms with E-state index in [0.717, 1.165) is 16.7 Å². The van der Waals surface area contributed by atoms with Crippen LogP contribution in [0, 0.1) is 5.92 Å². The number of amides is 1. The molecule has 1 fully saturated rings. The average molecular weight is 640 g/mol. The molecule has 6 rings (SSSR count). The van der Waals surface area contributed by atoms with Crippen LogP contribution >= 0.6 is 0 Å². The molecule has 1 aliphatic heterocycles. The fraction of sp³-hybridized carbons (Fsp3) is 0.314. The van der Waals surface area contributed by atoms with E-state index >= 15 is 0 Å². The van der Waals surface area contributed by atoms with Gasteiger partial charge in [-0.25, -0.2) is 4.98 Å². The van der Waals surface area contributed by atoms with Crippen LogP contribution in [0.5, 0.6) is 11.5 Å². The fourth-order valence-electron chi connectivity index (χ4n) is 5.81.